The second-order valence-corrected chi connectivity index (χ2v) is 4.36. The number of aliphatic hydroxyl groups is 1. The fourth-order valence-electron chi connectivity index (χ4n) is 1.87. The Bertz CT molecular complexity index is 673. The van der Waals surface area contributed by atoms with E-state index in [1.54, 1.807) is 24.3 Å². The maximum atomic E-state index is 13.7. The van der Waals surface area contributed by atoms with E-state index < -0.39 is 17.3 Å². The highest BCUT2D eigenvalue weighted by molar-refractivity contribution is 5.89. The van der Waals surface area contributed by atoms with Crippen molar-refractivity contribution in [2.45, 2.75) is 6.42 Å². The summed E-state index contributed by atoms with van der Waals surface area (Å²) >= 11 is 0. The highest BCUT2D eigenvalue weighted by Gasteiger charge is 2.15. The lowest BCUT2D eigenvalue weighted by molar-refractivity contribution is 0.0692. The largest absolute Gasteiger partial charge is 0.478 e. The Balaban J connectivity index is 2.36. The molecule has 0 atom stereocenters. The molecule has 5 nitrogen and oxygen atoms in total. The molecule has 4 N–H and O–H groups in total. The molecule has 0 bridgehead atoms. The van der Waals surface area contributed by atoms with Crippen LogP contribution in [0.2, 0.25) is 0 Å². The van der Waals surface area contributed by atoms with Crippen molar-refractivity contribution < 1.29 is 24.1 Å². The first kappa shape index (κ1) is 14.8. The minimum atomic E-state index is -1.40. The van der Waals surface area contributed by atoms with E-state index in [-0.39, 0.29) is 18.0 Å². The molecular weight excluding hydrogens is 277 g/mol. The minimum Gasteiger partial charge on any atom is -0.478 e. The molecule has 0 aliphatic heterocycles. The highest BCUT2D eigenvalue weighted by atomic mass is 19.1. The number of aromatic carboxylic acids is 1. The van der Waals surface area contributed by atoms with Crippen molar-refractivity contribution in [3.05, 3.63) is 53.3 Å². The molecule has 0 saturated carbocycles. The summed E-state index contributed by atoms with van der Waals surface area (Å²) in [6.07, 6.45) is 0.381. The zero-order valence-corrected chi connectivity index (χ0v) is 11.0. The zero-order valence-electron chi connectivity index (χ0n) is 11.0. The van der Waals surface area contributed by atoms with Gasteiger partial charge in [-0.15, -0.1) is 0 Å². The summed E-state index contributed by atoms with van der Waals surface area (Å²) in [7, 11) is 0. The Hall–Kier alpha value is -2.60. The van der Waals surface area contributed by atoms with Gasteiger partial charge in [-0.05, 0) is 24.1 Å². The van der Waals surface area contributed by atoms with Crippen LogP contribution in [0.3, 0.4) is 0 Å². The summed E-state index contributed by atoms with van der Waals surface area (Å²) < 4.78 is 19.2. The van der Waals surface area contributed by atoms with Crippen LogP contribution >= 0.6 is 0 Å². The number of benzene rings is 2. The van der Waals surface area contributed by atoms with Crippen molar-refractivity contribution in [3.63, 3.8) is 0 Å². The van der Waals surface area contributed by atoms with E-state index in [4.69, 9.17) is 20.7 Å². The third-order valence-electron chi connectivity index (χ3n) is 2.90. The van der Waals surface area contributed by atoms with Gasteiger partial charge < -0.3 is 20.7 Å². The Morgan fingerprint density at radius 1 is 1.24 bits per heavy atom. The van der Waals surface area contributed by atoms with Crippen molar-refractivity contribution in [1.29, 1.82) is 0 Å². The third kappa shape index (κ3) is 3.29. The molecule has 0 fully saturated rings. The number of carbonyl (C=O) groups is 1. The van der Waals surface area contributed by atoms with Gasteiger partial charge in [0, 0.05) is 12.7 Å². The topological polar surface area (TPSA) is 92.8 Å². The van der Waals surface area contributed by atoms with Crippen molar-refractivity contribution in [2.24, 2.45) is 0 Å². The molecule has 2 aromatic carbocycles. The summed E-state index contributed by atoms with van der Waals surface area (Å²) in [5.74, 6) is -1.86. The average molecular weight is 291 g/mol. The summed E-state index contributed by atoms with van der Waals surface area (Å²) in [6.45, 7) is -0.0534. The number of hydrogen-bond acceptors (Lipinski definition) is 4. The molecule has 0 saturated heterocycles. The third-order valence-corrected chi connectivity index (χ3v) is 2.90. The molecule has 0 radical (unpaired) electrons. The van der Waals surface area contributed by atoms with Gasteiger partial charge >= 0.3 is 5.97 Å². The van der Waals surface area contributed by atoms with Crippen LogP contribution in [0.1, 0.15) is 15.9 Å². The van der Waals surface area contributed by atoms with Crippen LogP contribution in [-0.2, 0) is 6.42 Å². The number of halogens is 1. The Morgan fingerprint density at radius 3 is 2.62 bits per heavy atom. The van der Waals surface area contributed by atoms with Crippen LogP contribution in [0.4, 0.5) is 10.1 Å². The first-order valence-electron chi connectivity index (χ1n) is 6.22. The van der Waals surface area contributed by atoms with Crippen molar-refractivity contribution in [1.82, 2.24) is 0 Å². The predicted molar refractivity (Wildman–Crippen MR) is 75.1 cm³/mol. The second-order valence-electron chi connectivity index (χ2n) is 4.36. The Kier molecular flexibility index (Phi) is 4.39. The number of nitrogen functional groups attached to an aromatic ring is 1. The summed E-state index contributed by atoms with van der Waals surface area (Å²) in [6, 6.07) is 8.90. The monoisotopic (exact) mass is 291 g/mol. The molecule has 0 aliphatic carbocycles. The number of ether oxygens (including phenoxy) is 1. The molecule has 2 rings (SSSR count). The van der Waals surface area contributed by atoms with Crippen molar-refractivity contribution in [2.75, 3.05) is 12.3 Å². The zero-order chi connectivity index (χ0) is 15.4. The van der Waals surface area contributed by atoms with Crippen LogP contribution in [-0.4, -0.2) is 22.8 Å². The molecule has 0 unspecified atom stereocenters. The highest BCUT2D eigenvalue weighted by Crippen LogP contribution is 2.32. The van der Waals surface area contributed by atoms with Gasteiger partial charge in [0.1, 0.15) is 11.6 Å². The van der Waals surface area contributed by atoms with E-state index in [2.05, 4.69) is 0 Å². The van der Waals surface area contributed by atoms with Crippen LogP contribution in [0.15, 0.2) is 36.4 Å². The maximum Gasteiger partial charge on any atom is 0.338 e. The van der Waals surface area contributed by atoms with E-state index in [1.165, 1.54) is 0 Å². The molecule has 0 amide bonds. The van der Waals surface area contributed by atoms with Crippen LogP contribution in [0, 0.1) is 5.82 Å². The molecule has 21 heavy (non-hydrogen) atoms. The van der Waals surface area contributed by atoms with Gasteiger partial charge in [-0.1, -0.05) is 18.2 Å². The number of aliphatic hydroxyl groups excluding tert-OH is 1. The lowest BCUT2D eigenvalue weighted by Crippen LogP contribution is -2.04. The first-order chi connectivity index (χ1) is 10.0. The first-order valence-corrected chi connectivity index (χ1v) is 6.22. The minimum absolute atomic E-state index is 0.0209. The van der Waals surface area contributed by atoms with Gasteiger partial charge in [-0.25, -0.2) is 9.18 Å². The quantitative estimate of drug-likeness (QED) is 0.736. The molecule has 6 heteroatoms. The van der Waals surface area contributed by atoms with Gasteiger partial charge in [0.15, 0.2) is 5.75 Å². The van der Waals surface area contributed by atoms with Gasteiger partial charge in [0.2, 0.25) is 0 Å². The Labute approximate surface area is 120 Å². The second kappa shape index (κ2) is 6.23. The van der Waals surface area contributed by atoms with Crippen LogP contribution in [0.25, 0.3) is 0 Å². The molecule has 0 aromatic heterocycles. The van der Waals surface area contributed by atoms with Crippen molar-refractivity contribution in [3.8, 4) is 11.5 Å². The normalized spacial score (nSPS) is 10.4. The fourth-order valence-corrected chi connectivity index (χ4v) is 1.87. The summed E-state index contributed by atoms with van der Waals surface area (Å²) in [5.41, 5.74) is 5.94. The fraction of sp³-hybridized carbons (Fsp3) is 0.133. The van der Waals surface area contributed by atoms with Gasteiger partial charge in [-0.3, -0.25) is 0 Å². The van der Waals surface area contributed by atoms with Crippen molar-refractivity contribution >= 4 is 11.7 Å². The van der Waals surface area contributed by atoms with Crippen LogP contribution in [0.5, 0.6) is 11.5 Å². The lowest BCUT2D eigenvalue weighted by Gasteiger charge is -2.13. The van der Waals surface area contributed by atoms with Crippen LogP contribution < -0.4 is 10.5 Å². The number of anilines is 1. The average Bonchev–Trinajstić information content (AvgIpc) is 2.44. The number of nitrogens with two attached hydrogens (primary N) is 1. The van der Waals surface area contributed by atoms with E-state index in [1.807, 2.05) is 0 Å². The number of carboxylic acids is 1. The molecule has 0 heterocycles. The van der Waals surface area contributed by atoms with E-state index in [9.17, 15) is 9.18 Å². The van der Waals surface area contributed by atoms with Gasteiger partial charge in [0.25, 0.3) is 0 Å². The number of carboxylic acid groups (broad SMARTS) is 1. The number of para-hydroxylation sites is 1. The van der Waals surface area contributed by atoms with E-state index in [0.717, 1.165) is 17.7 Å². The predicted octanol–water partition coefficient (Wildman–Crippen LogP) is 2.43. The number of hydrogen-bond donors (Lipinski definition) is 3. The standard InChI is InChI=1S/C15H14FNO4/c16-11-8-14(12(17)7-10(11)15(19)20)21-13-4-2-1-3-9(13)5-6-18/h1-4,7-8,18H,5-6,17H2,(H,19,20). The van der Waals surface area contributed by atoms with Gasteiger partial charge in [-0.2, -0.15) is 0 Å². The van der Waals surface area contributed by atoms with E-state index >= 15 is 0 Å². The SMILES string of the molecule is Nc1cc(C(=O)O)c(F)cc1Oc1ccccc1CCO. The summed E-state index contributed by atoms with van der Waals surface area (Å²) in [4.78, 5) is 10.8. The van der Waals surface area contributed by atoms with Gasteiger partial charge in [0.05, 0.1) is 11.3 Å². The lowest BCUT2D eigenvalue weighted by atomic mass is 10.1. The number of rotatable bonds is 5. The molecule has 2 aromatic rings. The molecule has 110 valence electrons. The molecular formula is C15H14FNO4. The maximum absolute atomic E-state index is 13.7. The Morgan fingerprint density at radius 2 is 1.95 bits per heavy atom. The molecule has 0 spiro atoms. The summed E-state index contributed by atoms with van der Waals surface area (Å²) in [5, 5.41) is 17.8. The van der Waals surface area contributed by atoms with E-state index in [0.29, 0.717) is 12.2 Å². The molecule has 0 aliphatic rings. The smallest absolute Gasteiger partial charge is 0.338 e.